The van der Waals surface area contributed by atoms with Gasteiger partial charge in [-0.1, -0.05) is 104 Å². The van der Waals surface area contributed by atoms with Crippen LogP contribution in [0, 0.1) is 70.0 Å². The van der Waals surface area contributed by atoms with Crippen molar-refractivity contribution >= 4 is 17.5 Å². The van der Waals surface area contributed by atoms with E-state index in [9.17, 15) is 20.4 Å². The summed E-state index contributed by atoms with van der Waals surface area (Å²) in [6.07, 6.45) is 19.1. The smallest absolute Gasteiger partial charge is 0.340 e. The number of allylic oxidation sites excluding steroid dienone is 5. The zero-order valence-corrected chi connectivity index (χ0v) is 54.4. The molecule has 13 nitrogen and oxygen atoms in total. The van der Waals surface area contributed by atoms with Gasteiger partial charge >= 0.3 is 11.9 Å². The Morgan fingerprint density at radius 3 is 2.51 bits per heavy atom. The second-order valence-corrected chi connectivity index (χ2v) is 29.8. The van der Waals surface area contributed by atoms with Crippen molar-refractivity contribution in [3.05, 3.63) is 165 Å². The largest absolute Gasteiger partial charge is 0.508 e. The highest BCUT2D eigenvalue weighted by atomic mass is 16.6. The summed E-state index contributed by atoms with van der Waals surface area (Å²) in [5.41, 5.74) is 8.52. The van der Waals surface area contributed by atoms with Gasteiger partial charge in [0, 0.05) is 61.7 Å². The number of carbonyl (C=O) groups is 2. The van der Waals surface area contributed by atoms with Gasteiger partial charge < -0.3 is 56.5 Å². The Morgan fingerprint density at radius 1 is 0.826 bits per heavy atom. The summed E-state index contributed by atoms with van der Waals surface area (Å²) in [6.45, 7) is 8.32. The fourth-order valence-electron chi connectivity index (χ4n) is 19.7. The van der Waals surface area contributed by atoms with Gasteiger partial charge in [-0.2, -0.15) is 0 Å². The first-order valence-corrected chi connectivity index (χ1v) is 35.2. The number of rotatable bonds is 12. The molecule has 9 N–H and O–H groups in total. The van der Waals surface area contributed by atoms with Crippen molar-refractivity contribution in [2.45, 2.75) is 172 Å². The first kappa shape index (κ1) is 63.2. The molecule has 92 heavy (non-hydrogen) atoms. The van der Waals surface area contributed by atoms with Crippen molar-refractivity contribution < 1.29 is 39.5 Å². The quantitative estimate of drug-likeness (QED) is 0.0370. The van der Waals surface area contributed by atoms with Gasteiger partial charge in [0.25, 0.3) is 0 Å². The number of aromatic hydroxyl groups is 1. The van der Waals surface area contributed by atoms with E-state index in [-0.39, 0.29) is 71.5 Å². The Bertz CT molecular complexity index is 3640. The minimum atomic E-state index is -1.12. The van der Waals surface area contributed by atoms with Crippen LogP contribution >= 0.6 is 0 Å². The highest BCUT2D eigenvalue weighted by Gasteiger charge is 2.69. The second kappa shape index (κ2) is 26.2. The Labute approximate surface area is 544 Å². The molecule has 486 valence electrons. The van der Waals surface area contributed by atoms with Gasteiger partial charge in [0.2, 0.25) is 0 Å². The Balaban J connectivity index is 0.960. The van der Waals surface area contributed by atoms with Gasteiger partial charge in [-0.25, -0.2) is 9.59 Å². The summed E-state index contributed by atoms with van der Waals surface area (Å²) in [5, 5.41) is 66.5. The molecule has 0 amide bonds. The van der Waals surface area contributed by atoms with Crippen LogP contribution in [-0.2, 0) is 45.0 Å². The number of aliphatic hydroxyl groups is 3. The van der Waals surface area contributed by atoms with Crippen LogP contribution < -0.4 is 26.6 Å². The van der Waals surface area contributed by atoms with E-state index >= 15 is 9.59 Å². The number of β-amino-alcohol motifs (C(OH)–C–C–N with tert-alkyl or cyclic N) is 1. The molecule has 4 aromatic rings. The highest BCUT2D eigenvalue weighted by molar-refractivity contribution is 6.07. The lowest BCUT2D eigenvalue weighted by atomic mass is 9.44. The molecule has 4 aromatic carbocycles. The van der Waals surface area contributed by atoms with Gasteiger partial charge in [-0.05, 0) is 258 Å². The molecule has 6 aliphatic heterocycles. The summed E-state index contributed by atoms with van der Waals surface area (Å²) in [5.74, 6) is 7.32. The number of hydrogen-bond acceptors (Lipinski definition) is 13. The summed E-state index contributed by atoms with van der Waals surface area (Å²) < 4.78 is 13.6. The van der Waals surface area contributed by atoms with E-state index in [4.69, 9.17) is 9.47 Å². The third-order valence-electron chi connectivity index (χ3n) is 24.0. The first-order chi connectivity index (χ1) is 44.7. The summed E-state index contributed by atoms with van der Waals surface area (Å²) >= 11 is 0. The lowest BCUT2D eigenvalue weighted by molar-refractivity contribution is -0.135. The van der Waals surface area contributed by atoms with E-state index in [1.165, 1.54) is 16.7 Å². The topological polar surface area (TPSA) is 194 Å². The molecule has 2 saturated heterocycles. The summed E-state index contributed by atoms with van der Waals surface area (Å²) in [7, 11) is 2.05. The molecule has 3 saturated carbocycles. The molecule has 13 atom stereocenters. The minimum Gasteiger partial charge on any atom is -0.508 e. The van der Waals surface area contributed by atoms with E-state index in [0.717, 1.165) is 149 Å². The van der Waals surface area contributed by atoms with Crippen LogP contribution in [0.4, 0.5) is 0 Å². The molecule has 6 aliphatic carbocycles. The third-order valence-corrected chi connectivity index (χ3v) is 24.0. The Kier molecular flexibility index (Phi) is 18.0. The van der Waals surface area contributed by atoms with Crippen LogP contribution in [0.5, 0.6) is 5.75 Å². The van der Waals surface area contributed by atoms with E-state index in [0.29, 0.717) is 80.2 Å². The van der Waals surface area contributed by atoms with Crippen molar-refractivity contribution in [1.82, 2.24) is 26.6 Å². The molecule has 13 unspecified atom stereocenters. The normalized spacial score (nSPS) is 33.2. The monoisotopic (exact) mass is 1240 g/mol. The van der Waals surface area contributed by atoms with E-state index in [2.05, 4.69) is 119 Å². The average Bonchev–Trinajstić information content (AvgIpc) is 1.38. The van der Waals surface area contributed by atoms with Crippen molar-refractivity contribution in [2.75, 3.05) is 39.8 Å². The predicted octanol–water partition coefficient (Wildman–Crippen LogP) is 11.6. The minimum absolute atomic E-state index is 0.0434. The molecule has 13 heteroatoms. The van der Waals surface area contributed by atoms with Gasteiger partial charge in [-0.15, -0.1) is 0 Å². The number of hydrogen-bond donors (Lipinski definition) is 9. The van der Waals surface area contributed by atoms with Gasteiger partial charge in [-0.3, -0.25) is 0 Å². The number of aliphatic hydroxyl groups excluding tert-OH is 1. The van der Waals surface area contributed by atoms with Crippen LogP contribution in [-0.4, -0.2) is 89.6 Å². The summed E-state index contributed by atoms with van der Waals surface area (Å²) in [4.78, 5) is 31.1. The molecule has 0 radical (unpaired) electrons. The number of fused-ring (bicyclic) bond motifs is 5. The number of ether oxygens (including phenoxy) is 2. The first-order valence-electron chi connectivity index (χ1n) is 35.2. The lowest BCUT2D eigenvalue weighted by Gasteiger charge is -2.56. The number of carbonyl (C=O) groups excluding carboxylic acids is 2. The van der Waals surface area contributed by atoms with E-state index < -0.39 is 28.5 Å². The second-order valence-electron chi connectivity index (χ2n) is 29.8. The van der Waals surface area contributed by atoms with Gasteiger partial charge in [0.15, 0.2) is 0 Å². The number of phenolic OH excluding ortho intramolecular Hbond substituents is 1. The van der Waals surface area contributed by atoms with Crippen molar-refractivity contribution in [3.63, 3.8) is 0 Å². The number of piperidine rings is 1. The molecule has 5 fully saturated rings. The SMILES string of the molecule is CCCNCc1cc2cc(c1)C1NCC(C)(O)CC#CC(C3(O)CCCC3)CC3CC(C4CCNC(NC)C4)(CC=C4OC(=O)C5=C4CCC4C6CCC7(C(=CC(CCO)Cc8ccccc8)OC(=O)C7=C6c6cc(O)ccc6-c6cccc(c6)CNCC2)C54)CC31. The molecule has 14 bridgehead atoms. The van der Waals surface area contributed by atoms with Gasteiger partial charge in [0.1, 0.15) is 17.3 Å². The number of nitrogens with one attached hydrogen (secondary N) is 5. The maximum absolute atomic E-state index is 15.6. The van der Waals surface area contributed by atoms with Crippen LogP contribution in [0.3, 0.4) is 0 Å². The Morgan fingerprint density at radius 2 is 1.68 bits per heavy atom. The predicted molar refractivity (Wildman–Crippen MR) is 359 cm³/mol. The fourth-order valence-corrected chi connectivity index (χ4v) is 19.7. The number of phenols is 1. The van der Waals surface area contributed by atoms with Crippen molar-refractivity contribution in [1.29, 1.82) is 0 Å². The van der Waals surface area contributed by atoms with Crippen LogP contribution in [0.2, 0.25) is 0 Å². The molecule has 6 heterocycles. The Hall–Kier alpha value is -6.18. The summed E-state index contributed by atoms with van der Waals surface area (Å²) in [6, 6.07) is 31.6. The van der Waals surface area contributed by atoms with E-state index in [1.54, 1.807) is 6.07 Å². The van der Waals surface area contributed by atoms with Crippen LogP contribution in [0.25, 0.3) is 16.7 Å². The van der Waals surface area contributed by atoms with Crippen molar-refractivity contribution in [3.8, 4) is 28.7 Å². The van der Waals surface area contributed by atoms with Crippen LogP contribution in [0.1, 0.15) is 162 Å². The number of cyclic esters (lactones) is 1. The molecular formula is C79H97N5O8. The zero-order valence-electron chi connectivity index (χ0n) is 54.4. The maximum atomic E-state index is 15.6. The number of esters is 2. The standard InChI is InChI=1S/C79H97N5O8/c1-4-31-81-47-53-36-50-23-32-82-46-52-14-10-15-54(38-52)60-18-17-59(86)43-64(60)69-61-21-30-79(67(92-75(88)72(69)79)40-51(25-34-85)35-49-12-6-5-7-13-49)71-62(61)19-20-63-66(91-74(87)70(63)71)22-29-77(57-24-33-83-68(42-57)80-3)44-56-41-58(78(90)27-8-9-28-78)16-11-26-76(2,89)48-84-73(65(56)45-77)55(37-50)39-53/h5-7,10,12-15,17-18,22,36-40,43,51,56-58,61-62,65,68,71,73,80-86,89-90H,4,8-9,19-21,23-35,41-42,44-48H2,1-3H3. The zero-order chi connectivity index (χ0) is 63.4. The van der Waals surface area contributed by atoms with E-state index in [1.807, 2.05) is 37.3 Å². The lowest BCUT2D eigenvalue weighted by Crippen LogP contribution is -2.52. The molecule has 16 rings (SSSR count). The van der Waals surface area contributed by atoms with Crippen molar-refractivity contribution in [2.24, 2.45) is 58.2 Å². The molecule has 12 aliphatic rings. The molecular weight excluding hydrogens is 1150 g/mol. The molecule has 0 aromatic heterocycles. The maximum Gasteiger partial charge on any atom is 0.340 e. The number of benzene rings is 4. The molecule has 1 spiro atoms. The third kappa shape index (κ3) is 12.0. The van der Waals surface area contributed by atoms with Crippen LogP contribution in [0.15, 0.2) is 131 Å². The fraction of sp³-hybridized carbons (Fsp3) is 0.544. The average molecular weight is 1240 g/mol. The highest BCUT2D eigenvalue weighted by Crippen LogP contribution is 2.72. The van der Waals surface area contributed by atoms with Gasteiger partial charge in [0.05, 0.1) is 28.4 Å².